The molecular weight excluding hydrogens is 332 g/mol. The average Bonchev–Trinajstić information content (AvgIpc) is 2.51. The van der Waals surface area contributed by atoms with Crippen LogP contribution in [0.3, 0.4) is 0 Å². The van der Waals surface area contributed by atoms with Gasteiger partial charge in [0.2, 0.25) is 0 Å². The highest BCUT2D eigenvalue weighted by atomic mass is 35.5. The molecule has 0 aliphatic heterocycles. The summed E-state index contributed by atoms with van der Waals surface area (Å²) in [5.74, 6) is 0. The minimum atomic E-state index is -3.71. The predicted octanol–water partition coefficient (Wildman–Crippen LogP) is 4.30. The summed E-state index contributed by atoms with van der Waals surface area (Å²) in [7, 11) is -3.71. The monoisotopic (exact) mass is 352 g/mol. The Kier molecular flexibility index (Phi) is 5.55. The van der Waals surface area contributed by atoms with Crippen molar-refractivity contribution >= 4 is 33.0 Å². The number of rotatable bonds is 6. The summed E-state index contributed by atoms with van der Waals surface area (Å²) in [6.45, 7) is 7.87. The fraction of sp³-hybridized carbons (Fsp3) is 0.294. The lowest BCUT2D eigenvalue weighted by Gasteiger charge is -2.22. The molecule has 4 nitrogen and oxygen atoms in total. The van der Waals surface area contributed by atoms with E-state index in [0.29, 0.717) is 5.69 Å². The summed E-state index contributed by atoms with van der Waals surface area (Å²) in [4.78, 5) is 2.29. The molecule has 0 atom stereocenters. The van der Waals surface area contributed by atoms with Crippen LogP contribution >= 0.6 is 11.6 Å². The summed E-state index contributed by atoms with van der Waals surface area (Å²) in [6.07, 6.45) is 0. The first-order valence-corrected chi connectivity index (χ1v) is 9.38. The Morgan fingerprint density at radius 3 is 2.30 bits per heavy atom. The standard InChI is InChI=1S/C17H21ClN2O2S/c1-4-20(5-2)14-10-11-16(13(3)12-14)19-23(21,22)17-9-7-6-8-15(17)18/h6-12,19H,4-5H2,1-3H3. The molecular formula is C17H21ClN2O2S. The van der Waals surface area contributed by atoms with Crippen LogP contribution in [0.4, 0.5) is 11.4 Å². The van der Waals surface area contributed by atoms with Crippen molar-refractivity contribution in [1.29, 1.82) is 0 Å². The van der Waals surface area contributed by atoms with Crippen LogP contribution in [0, 0.1) is 6.92 Å². The minimum absolute atomic E-state index is 0.0777. The zero-order chi connectivity index (χ0) is 17.0. The first kappa shape index (κ1) is 17.6. The van der Waals surface area contributed by atoms with E-state index in [1.54, 1.807) is 24.3 Å². The maximum Gasteiger partial charge on any atom is 0.263 e. The molecule has 0 heterocycles. The van der Waals surface area contributed by atoms with Gasteiger partial charge in [-0.05, 0) is 56.7 Å². The summed E-state index contributed by atoms with van der Waals surface area (Å²) >= 11 is 5.99. The van der Waals surface area contributed by atoms with E-state index in [1.165, 1.54) is 6.07 Å². The zero-order valence-corrected chi connectivity index (χ0v) is 15.1. The minimum Gasteiger partial charge on any atom is -0.372 e. The van der Waals surface area contributed by atoms with E-state index in [1.807, 2.05) is 19.1 Å². The van der Waals surface area contributed by atoms with Crippen molar-refractivity contribution in [2.24, 2.45) is 0 Å². The highest BCUT2D eigenvalue weighted by Gasteiger charge is 2.18. The molecule has 0 unspecified atom stereocenters. The maximum absolute atomic E-state index is 12.5. The Morgan fingerprint density at radius 2 is 1.74 bits per heavy atom. The quantitative estimate of drug-likeness (QED) is 0.843. The molecule has 0 aliphatic rings. The third-order valence-corrected chi connectivity index (χ3v) is 5.57. The van der Waals surface area contributed by atoms with E-state index < -0.39 is 10.0 Å². The molecule has 2 aromatic carbocycles. The second kappa shape index (κ2) is 7.23. The van der Waals surface area contributed by atoms with Gasteiger partial charge in [0, 0.05) is 18.8 Å². The largest absolute Gasteiger partial charge is 0.372 e. The van der Waals surface area contributed by atoms with E-state index in [4.69, 9.17) is 11.6 Å². The number of hydrogen-bond donors (Lipinski definition) is 1. The van der Waals surface area contributed by atoms with Crippen LogP contribution in [0.15, 0.2) is 47.4 Å². The summed E-state index contributed by atoms with van der Waals surface area (Å²) in [6, 6.07) is 12.1. The first-order chi connectivity index (χ1) is 10.9. The topological polar surface area (TPSA) is 49.4 Å². The molecule has 2 rings (SSSR count). The number of nitrogens with zero attached hydrogens (tertiary/aromatic N) is 1. The Morgan fingerprint density at radius 1 is 1.09 bits per heavy atom. The van der Waals surface area contributed by atoms with Crippen LogP contribution < -0.4 is 9.62 Å². The van der Waals surface area contributed by atoms with Gasteiger partial charge in [-0.3, -0.25) is 4.72 Å². The van der Waals surface area contributed by atoms with Crippen molar-refractivity contribution < 1.29 is 8.42 Å². The molecule has 2 aromatic rings. The van der Waals surface area contributed by atoms with Gasteiger partial charge in [0.25, 0.3) is 10.0 Å². The van der Waals surface area contributed by atoms with Crippen LogP contribution in [-0.2, 0) is 10.0 Å². The van der Waals surface area contributed by atoms with Gasteiger partial charge in [-0.1, -0.05) is 23.7 Å². The van der Waals surface area contributed by atoms with Gasteiger partial charge < -0.3 is 4.90 Å². The Hall–Kier alpha value is -1.72. The third kappa shape index (κ3) is 3.98. The van der Waals surface area contributed by atoms with Crippen molar-refractivity contribution in [3.63, 3.8) is 0 Å². The van der Waals surface area contributed by atoms with Crippen molar-refractivity contribution in [2.75, 3.05) is 22.7 Å². The fourth-order valence-corrected chi connectivity index (χ4v) is 4.06. The molecule has 23 heavy (non-hydrogen) atoms. The summed E-state index contributed by atoms with van der Waals surface area (Å²) < 4.78 is 27.6. The molecule has 124 valence electrons. The van der Waals surface area contributed by atoms with Crippen LogP contribution in [0.1, 0.15) is 19.4 Å². The average molecular weight is 353 g/mol. The highest BCUT2D eigenvalue weighted by Crippen LogP contribution is 2.27. The molecule has 0 saturated carbocycles. The van der Waals surface area contributed by atoms with Gasteiger partial charge in [0.05, 0.1) is 10.7 Å². The SMILES string of the molecule is CCN(CC)c1ccc(NS(=O)(=O)c2ccccc2Cl)c(C)c1. The normalized spacial score (nSPS) is 11.3. The van der Waals surface area contributed by atoms with Crippen LogP contribution in [-0.4, -0.2) is 21.5 Å². The lowest BCUT2D eigenvalue weighted by Crippen LogP contribution is -2.22. The van der Waals surface area contributed by atoms with Gasteiger partial charge in [-0.25, -0.2) is 8.42 Å². The Labute approximate surface area is 143 Å². The van der Waals surface area contributed by atoms with E-state index in [2.05, 4.69) is 23.5 Å². The molecule has 1 N–H and O–H groups in total. The number of anilines is 2. The van der Waals surface area contributed by atoms with E-state index in [0.717, 1.165) is 24.3 Å². The van der Waals surface area contributed by atoms with Crippen LogP contribution in [0.25, 0.3) is 0 Å². The van der Waals surface area contributed by atoms with Crippen LogP contribution in [0.5, 0.6) is 0 Å². The number of hydrogen-bond acceptors (Lipinski definition) is 3. The second-order valence-electron chi connectivity index (χ2n) is 5.21. The lowest BCUT2D eigenvalue weighted by molar-refractivity contribution is 0.601. The van der Waals surface area contributed by atoms with Gasteiger partial charge in [0.15, 0.2) is 0 Å². The van der Waals surface area contributed by atoms with E-state index >= 15 is 0 Å². The van der Waals surface area contributed by atoms with Gasteiger partial charge in [-0.2, -0.15) is 0 Å². The molecule has 0 spiro atoms. The van der Waals surface area contributed by atoms with Gasteiger partial charge in [0.1, 0.15) is 4.90 Å². The predicted molar refractivity (Wildman–Crippen MR) is 97.0 cm³/mol. The molecule has 0 aromatic heterocycles. The smallest absolute Gasteiger partial charge is 0.263 e. The summed E-state index contributed by atoms with van der Waals surface area (Å²) in [5.41, 5.74) is 2.50. The Balaban J connectivity index is 2.32. The van der Waals surface area contributed by atoms with Gasteiger partial charge >= 0.3 is 0 Å². The number of aryl methyl sites for hydroxylation is 1. The zero-order valence-electron chi connectivity index (χ0n) is 13.5. The van der Waals surface area contributed by atoms with Crippen molar-refractivity contribution in [2.45, 2.75) is 25.7 Å². The molecule has 0 radical (unpaired) electrons. The van der Waals surface area contributed by atoms with Gasteiger partial charge in [-0.15, -0.1) is 0 Å². The number of nitrogens with one attached hydrogen (secondary N) is 1. The second-order valence-corrected chi connectivity index (χ2v) is 7.27. The van der Waals surface area contributed by atoms with E-state index in [-0.39, 0.29) is 9.92 Å². The molecule has 0 saturated heterocycles. The lowest BCUT2D eigenvalue weighted by atomic mass is 10.1. The number of halogens is 1. The Bertz CT molecular complexity index is 787. The molecule has 0 amide bonds. The van der Waals surface area contributed by atoms with E-state index in [9.17, 15) is 8.42 Å². The van der Waals surface area contributed by atoms with Crippen molar-refractivity contribution in [3.8, 4) is 0 Å². The van der Waals surface area contributed by atoms with Crippen molar-refractivity contribution in [3.05, 3.63) is 53.1 Å². The number of sulfonamides is 1. The fourth-order valence-electron chi connectivity index (χ4n) is 2.41. The first-order valence-electron chi connectivity index (χ1n) is 7.52. The molecule has 0 bridgehead atoms. The number of benzene rings is 2. The maximum atomic E-state index is 12.5. The third-order valence-electron chi connectivity index (χ3n) is 3.71. The summed E-state index contributed by atoms with van der Waals surface area (Å²) in [5, 5.41) is 0.206. The van der Waals surface area contributed by atoms with Crippen molar-refractivity contribution in [1.82, 2.24) is 0 Å². The molecule has 0 aliphatic carbocycles. The molecule has 0 fully saturated rings. The van der Waals surface area contributed by atoms with Crippen LogP contribution in [0.2, 0.25) is 5.02 Å². The molecule has 6 heteroatoms. The highest BCUT2D eigenvalue weighted by molar-refractivity contribution is 7.92.